The van der Waals surface area contributed by atoms with Gasteiger partial charge in [-0.25, -0.2) is 4.98 Å². The van der Waals surface area contributed by atoms with E-state index in [1.54, 1.807) is 16.7 Å². The quantitative estimate of drug-likeness (QED) is 0.706. The highest BCUT2D eigenvalue weighted by atomic mass is 32.2. The molecule has 1 heterocycles. The van der Waals surface area contributed by atoms with Crippen LogP contribution in [0.15, 0.2) is 5.38 Å². The van der Waals surface area contributed by atoms with E-state index in [1.807, 2.05) is 12.3 Å². The molecule has 0 aliphatic heterocycles. The van der Waals surface area contributed by atoms with Crippen molar-refractivity contribution in [3.05, 3.63) is 11.1 Å². The summed E-state index contributed by atoms with van der Waals surface area (Å²) in [7, 11) is 0. The molecular formula is C12H19N3O3S2. The van der Waals surface area contributed by atoms with Gasteiger partial charge in [0.15, 0.2) is 5.13 Å². The summed E-state index contributed by atoms with van der Waals surface area (Å²) >= 11 is 3.03. The summed E-state index contributed by atoms with van der Waals surface area (Å²) in [6, 6.07) is -0.804. The van der Waals surface area contributed by atoms with Crippen molar-refractivity contribution in [2.75, 3.05) is 17.2 Å². The molecule has 0 radical (unpaired) electrons. The molecule has 1 unspecified atom stereocenters. The number of anilines is 1. The van der Waals surface area contributed by atoms with E-state index in [9.17, 15) is 9.59 Å². The maximum absolute atomic E-state index is 11.4. The van der Waals surface area contributed by atoms with Gasteiger partial charge in [0.05, 0.1) is 5.69 Å². The summed E-state index contributed by atoms with van der Waals surface area (Å²) < 4.78 is 0. The molecule has 0 bridgehead atoms. The Labute approximate surface area is 126 Å². The van der Waals surface area contributed by atoms with Gasteiger partial charge in [0.1, 0.15) is 6.04 Å². The lowest BCUT2D eigenvalue weighted by atomic mass is 10.2. The minimum absolute atomic E-state index is 0.0199. The van der Waals surface area contributed by atoms with Gasteiger partial charge in [-0.2, -0.15) is 11.8 Å². The van der Waals surface area contributed by atoms with E-state index in [0.717, 1.165) is 5.69 Å². The number of nitrogens with zero attached hydrogens (tertiary/aromatic N) is 2. The first-order valence-electron chi connectivity index (χ1n) is 6.24. The van der Waals surface area contributed by atoms with E-state index < -0.39 is 12.0 Å². The normalized spacial score (nSPS) is 12.2. The first-order valence-corrected chi connectivity index (χ1v) is 8.27. The molecule has 0 fully saturated rings. The van der Waals surface area contributed by atoms with Gasteiger partial charge in [-0.1, -0.05) is 0 Å². The Morgan fingerprint density at radius 2 is 2.30 bits per heavy atom. The van der Waals surface area contributed by atoms with E-state index >= 15 is 0 Å². The molecule has 1 rings (SSSR count). The van der Waals surface area contributed by atoms with Crippen molar-refractivity contribution in [3.63, 3.8) is 0 Å². The van der Waals surface area contributed by atoms with Crippen LogP contribution in [-0.4, -0.2) is 40.3 Å². The fourth-order valence-electron chi connectivity index (χ4n) is 1.49. The molecule has 0 aromatic carbocycles. The number of carbonyl (C=O) groups excluding carboxylic acids is 1. The third-order valence-corrected chi connectivity index (χ3v) is 4.54. The van der Waals surface area contributed by atoms with E-state index in [4.69, 9.17) is 10.8 Å². The number of carbonyl (C=O) groups is 2. The predicted molar refractivity (Wildman–Crippen MR) is 82.2 cm³/mol. The largest absolute Gasteiger partial charge is 0.480 e. The van der Waals surface area contributed by atoms with Gasteiger partial charge in [0, 0.05) is 24.6 Å². The average Bonchev–Trinajstić information content (AvgIpc) is 2.83. The Morgan fingerprint density at radius 1 is 1.60 bits per heavy atom. The van der Waals surface area contributed by atoms with Gasteiger partial charge in [-0.15, -0.1) is 11.3 Å². The maximum Gasteiger partial charge on any atom is 0.320 e. The van der Waals surface area contributed by atoms with Gasteiger partial charge in [-0.3, -0.25) is 14.5 Å². The number of carboxylic acid groups (broad SMARTS) is 1. The van der Waals surface area contributed by atoms with E-state index in [1.165, 1.54) is 18.3 Å². The smallest absolute Gasteiger partial charge is 0.320 e. The lowest BCUT2D eigenvalue weighted by Crippen LogP contribution is -2.30. The highest BCUT2D eigenvalue weighted by Crippen LogP contribution is 2.23. The van der Waals surface area contributed by atoms with Crippen LogP contribution in [0.1, 0.15) is 26.0 Å². The van der Waals surface area contributed by atoms with Gasteiger partial charge in [-0.05, 0) is 19.1 Å². The van der Waals surface area contributed by atoms with Crippen LogP contribution in [0.2, 0.25) is 0 Å². The van der Waals surface area contributed by atoms with Crippen LogP contribution in [0.4, 0.5) is 5.13 Å². The highest BCUT2D eigenvalue weighted by Gasteiger charge is 2.14. The first-order chi connectivity index (χ1) is 9.45. The predicted octanol–water partition coefficient (Wildman–Crippen LogP) is 1.55. The monoisotopic (exact) mass is 317 g/mol. The third kappa shape index (κ3) is 5.10. The lowest BCUT2D eigenvalue weighted by Gasteiger charge is -2.14. The summed E-state index contributed by atoms with van der Waals surface area (Å²) in [6.07, 6.45) is 0.436. The number of hydrogen-bond donors (Lipinski definition) is 2. The molecule has 0 aliphatic carbocycles. The van der Waals surface area contributed by atoms with Crippen molar-refractivity contribution < 1.29 is 14.7 Å². The van der Waals surface area contributed by atoms with Gasteiger partial charge in [0.2, 0.25) is 5.91 Å². The zero-order valence-corrected chi connectivity index (χ0v) is 13.2. The van der Waals surface area contributed by atoms with Crippen LogP contribution in [-0.2, 0) is 15.3 Å². The van der Waals surface area contributed by atoms with Crippen LogP contribution in [0.3, 0.4) is 0 Å². The maximum atomic E-state index is 11.4. The second-order valence-electron chi connectivity index (χ2n) is 4.17. The third-order valence-electron chi connectivity index (χ3n) is 2.61. The molecule has 6 nitrogen and oxygen atoms in total. The van der Waals surface area contributed by atoms with Crippen molar-refractivity contribution in [3.8, 4) is 0 Å². The minimum atomic E-state index is -0.971. The van der Waals surface area contributed by atoms with Crippen molar-refractivity contribution in [2.45, 2.75) is 32.1 Å². The molecule has 8 heteroatoms. The Bertz CT molecular complexity index is 465. The van der Waals surface area contributed by atoms with E-state index in [2.05, 4.69) is 4.98 Å². The van der Waals surface area contributed by atoms with Crippen LogP contribution in [0.5, 0.6) is 0 Å². The number of thiazole rings is 1. The number of aromatic nitrogens is 1. The van der Waals surface area contributed by atoms with Gasteiger partial charge < -0.3 is 10.8 Å². The first kappa shape index (κ1) is 16.9. The zero-order valence-electron chi connectivity index (χ0n) is 11.5. The molecule has 112 valence electrons. The molecular weight excluding hydrogens is 298 g/mol. The minimum Gasteiger partial charge on any atom is -0.480 e. The summed E-state index contributed by atoms with van der Waals surface area (Å²) in [5, 5.41) is 11.3. The summed E-state index contributed by atoms with van der Waals surface area (Å²) in [5.41, 5.74) is 6.32. The molecule has 0 saturated carbocycles. The van der Waals surface area contributed by atoms with Gasteiger partial charge >= 0.3 is 5.97 Å². The lowest BCUT2D eigenvalue weighted by molar-refractivity contribution is -0.138. The zero-order chi connectivity index (χ0) is 15.1. The number of aliphatic carboxylic acids is 1. The summed E-state index contributed by atoms with van der Waals surface area (Å²) in [4.78, 5) is 28.0. The standard InChI is InChI=1S/C12H19N3O3S2/c1-3-15(8(2)16)12-14-9(7-20-12)6-19-5-4-10(13)11(17)18/h7,10H,3-6,13H2,1-2H3,(H,17,18). The molecule has 1 amide bonds. The fourth-order valence-corrected chi connectivity index (χ4v) is 3.45. The number of rotatable bonds is 8. The highest BCUT2D eigenvalue weighted by molar-refractivity contribution is 7.98. The molecule has 0 saturated heterocycles. The topological polar surface area (TPSA) is 96.5 Å². The Hall–Kier alpha value is -1.12. The van der Waals surface area contributed by atoms with Gasteiger partial charge in [0.25, 0.3) is 0 Å². The van der Waals surface area contributed by atoms with Crippen molar-refractivity contribution in [2.24, 2.45) is 5.73 Å². The van der Waals surface area contributed by atoms with Crippen LogP contribution < -0.4 is 10.6 Å². The molecule has 0 aliphatic rings. The summed E-state index contributed by atoms with van der Waals surface area (Å²) in [5.74, 6) is 0.373. The van der Waals surface area contributed by atoms with E-state index in [-0.39, 0.29) is 5.91 Å². The summed E-state index contributed by atoms with van der Waals surface area (Å²) in [6.45, 7) is 4.03. The molecule has 20 heavy (non-hydrogen) atoms. The second-order valence-corrected chi connectivity index (χ2v) is 6.11. The molecule has 1 atom stereocenters. The van der Waals surface area contributed by atoms with Crippen molar-refractivity contribution >= 4 is 40.1 Å². The number of amides is 1. The Morgan fingerprint density at radius 3 is 2.85 bits per heavy atom. The van der Waals surface area contributed by atoms with Crippen LogP contribution >= 0.6 is 23.1 Å². The van der Waals surface area contributed by atoms with E-state index in [0.29, 0.717) is 29.6 Å². The SMILES string of the molecule is CCN(C(C)=O)c1nc(CSCCC(N)C(=O)O)cs1. The van der Waals surface area contributed by atoms with Crippen molar-refractivity contribution in [1.29, 1.82) is 0 Å². The molecule has 1 aromatic heterocycles. The average molecular weight is 317 g/mol. The van der Waals surface area contributed by atoms with Crippen LogP contribution in [0, 0.1) is 0 Å². The number of nitrogens with two attached hydrogens (primary N) is 1. The number of thioether (sulfide) groups is 1. The number of hydrogen-bond acceptors (Lipinski definition) is 6. The molecule has 3 N–H and O–H groups in total. The van der Waals surface area contributed by atoms with Crippen molar-refractivity contribution in [1.82, 2.24) is 4.98 Å². The second kappa shape index (κ2) is 8.23. The Kier molecular flexibility index (Phi) is 6.97. The fraction of sp³-hybridized carbons (Fsp3) is 0.583. The molecule has 1 aromatic rings. The molecule has 0 spiro atoms. The Balaban J connectivity index is 2.41. The van der Waals surface area contributed by atoms with Crippen LogP contribution in [0.25, 0.3) is 0 Å². The number of carboxylic acids is 1.